The van der Waals surface area contributed by atoms with Gasteiger partial charge in [-0.3, -0.25) is 9.59 Å². The summed E-state index contributed by atoms with van der Waals surface area (Å²) in [5, 5.41) is 8.86. The van der Waals surface area contributed by atoms with E-state index < -0.39 is 5.97 Å². The van der Waals surface area contributed by atoms with Crippen LogP contribution in [-0.4, -0.2) is 34.5 Å². The lowest BCUT2D eigenvalue weighted by Gasteiger charge is -2.27. The average molecular weight is 301 g/mol. The molecule has 22 heavy (non-hydrogen) atoms. The smallest absolute Gasteiger partial charge is 0.305 e. The van der Waals surface area contributed by atoms with Crippen molar-refractivity contribution in [3.05, 3.63) is 41.5 Å². The molecule has 0 aromatic heterocycles. The van der Waals surface area contributed by atoms with Crippen molar-refractivity contribution in [3.8, 4) is 0 Å². The molecule has 0 spiro atoms. The molecule has 0 radical (unpaired) electrons. The van der Waals surface area contributed by atoms with Gasteiger partial charge in [0.15, 0.2) is 0 Å². The second-order valence-electron chi connectivity index (χ2n) is 5.86. The van der Waals surface area contributed by atoms with Gasteiger partial charge in [0.2, 0.25) is 5.91 Å². The number of carbonyl (C=O) groups is 2. The van der Waals surface area contributed by atoms with Crippen LogP contribution in [-0.2, 0) is 9.59 Å². The summed E-state index contributed by atoms with van der Waals surface area (Å²) in [6.07, 6.45) is 7.54. The maximum atomic E-state index is 12.4. The van der Waals surface area contributed by atoms with E-state index >= 15 is 0 Å². The second-order valence-corrected chi connectivity index (χ2v) is 5.86. The molecule has 2 rings (SSSR count). The van der Waals surface area contributed by atoms with Crippen LogP contribution in [0.1, 0.15) is 43.2 Å². The molecule has 0 heterocycles. The summed E-state index contributed by atoms with van der Waals surface area (Å²) in [6, 6.07) is 8.13. The van der Waals surface area contributed by atoms with Gasteiger partial charge in [0.25, 0.3) is 0 Å². The first-order chi connectivity index (χ1) is 10.6. The fraction of sp³-hybridized carbons (Fsp3) is 0.444. The zero-order valence-electron chi connectivity index (χ0n) is 13.0. The number of carboxylic acid groups (broad SMARTS) is 1. The van der Waals surface area contributed by atoms with Crippen LogP contribution in [0.15, 0.2) is 30.3 Å². The van der Waals surface area contributed by atoms with Gasteiger partial charge in [-0.15, -0.1) is 0 Å². The van der Waals surface area contributed by atoms with Gasteiger partial charge < -0.3 is 10.0 Å². The lowest BCUT2D eigenvalue weighted by Crippen LogP contribution is -2.39. The lowest BCUT2D eigenvalue weighted by atomic mass is 10.1. The molecule has 1 aromatic carbocycles. The Morgan fingerprint density at radius 1 is 1.23 bits per heavy atom. The molecule has 1 aromatic rings. The summed E-state index contributed by atoms with van der Waals surface area (Å²) in [4.78, 5) is 25.0. The van der Waals surface area contributed by atoms with E-state index in [-0.39, 0.29) is 24.9 Å². The summed E-state index contributed by atoms with van der Waals surface area (Å²) in [5.74, 6) is -0.952. The van der Waals surface area contributed by atoms with Gasteiger partial charge in [-0.2, -0.15) is 0 Å². The van der Waals surface area contributed by atoms with Crippen LogP contribution in [0.3, 0.4) is 0 Å². The van der Waals surface area contributed by atoms with Gasteiger partial charge in [0, 0.05) is 18.7 Å². The van der Waals surface area contributed by atoms with E-state index in [2.05, 4.69) is 0 Å². The molecule has 0 bridgehead atoms. The highest BCUT2D eigenvalue weighted by molar-refractivity contribution is 5.92. The van der Waals surface area contributed by atoms with E-state index in [4.69, 9.17) is 5.11 Å². The number of amides is 1. The van der Waals surface area contributed by atoms with E-state index in [1.807, 2.05) is 31.2 Å². The van der Waals surface area contributed by atoms with Gasteiger partial charge in [0.05, 0.1) is 6.42 Å². The Bertz CT molecular complexity index is 542. The molecule has 1 aliphatic carbocycles. The normalized spacial score (nSPS) is 15.3. The SMILES string of the molecule is Cc1ccc(/C=C/C(=O)N(CCC(=O)O)C2CCCC2)cc1. The third-order valence-corrected chi connectivity index (χ3v) is 4.11. The number of carbonyl (C=O) groups excluding carboxylic acids is 1. The minimum Gasteiger partial charge on any atom is -0.481 e. The van der Waals surface area contributed by atoms with Crippen molar-refractivity contribution in [2.45, 2.75) is 45.1 Å². The molecule has 1 fully saturated rings. The summed E-state index contributed by atoms with van der Waals surface area (Å²) in [5.41, 5.74) is 2.15. The summed E-state index contributed by atoms with van der Waals surface area (Å²) in [7, 11) is 0. The number of benzene rings is 1. The third-order valence-electron chi connectivity index (χ3n) is 4.11. The van der Waals surface area contributed by atoms with Crippen molar-refractivity contribution < 1.29 is 14.7 Å². The molecule has 0 unspecified atom stereocenters. The Hall–Kier alpha value is -2.10. The molecule has 0 saturated heterocycles. The van der Waals surface area contributed by atoms with Crippen LogP contribution in [0.2, 0.25) is 0 Å². The van der Waals surface area contributed by atoms with Gasteiger partial charge in [0.1, 0.15) is 0 Å². The molecule has 1 saturated carbocycles. The Balaban J connectivity index is 2.03. The number of hydrogen-bond acceptors (Lipinski definition) is 2. The topological polar surface area (TPSA) is 57.6 Å². The maximum Gasteiger partial charge on any atom is 0.305 e. The van der Waals surface area contributed by atoms with Crippen molar-refractivity contribution in [1.29, 1.82) is 0 Å². The number of nitrogens with zero attached hydrogens (tertiary/aromatic N) is 1. The zero-order chi connectivity index (χ0) is 15.9. The largest absolute Gasteiger partial charge is 0.481 e. The first kappa shape index (κ1) is 16.3. The highest BCUT2D eigenvalue weighted by Gasteiger charge is 2.25. The predicted octanol–water partition coefficient (Wildman–Crippen LogP) is 3.25. The van der Waals surface area contributed by atoms with Crippen LogP contribution in [0.25, 0.3) is 6.08 Å². The van der Waals surface area contributed by atoms with Gasteiger partial charge in [-0.1, -0.05) is 42.7 Å². The monoisotopic (exact) mass is 301 g/mol. The molecule has 1 N–H and O–H groups in total. The Labute approximate surface area is 131 Å². The Kier molecular flexibility index (Phi) is 5.75. The molecule has 0 atom stereocenters. The van der Waals surface area contributed by atoms with Crippen LogP contribution < -0.4 is 0 Å². The molecular formula is C18H23NO3. The van der Waals surface area contributed by atoms with Crippen molar-refractivity contribution >= 4 is 18.0 Å². The van der Waals surface area contributed by atoms with Crippen LogP contribution >= 0.6 is 0 Å². The zero-order valence-corrected chi connectivity index (χ0v) is 13.0. The van der Waals surface area contributed by atoms with E-state index in [9.17, 15) is 9.59 Å². The fourth-order valence-corrected chi connectivity index (χ4v) is 2.85. The molecule has 1 aliphatic rings. The minimum atomic E-state index is -0.863. The number of carboxylic acids is 1. The molecule has 4 heteroatoms. The summed E-state index contributed by atoms with van der Waals surface area (Å²) in [6.45, 7) is 2.31. The van der Waals surface area contributed by atoms with E-state index in [0.29, 0.717) is 0 Å². The first-order valence-corrected chi connectivity index (χ1v) is 7.83. The Morgan fingerprint density at radius 3 is 2.45 bits per heavy atom. The van der Waals surface area contributed by atoms with E-state index in [1.165, 1.54) is 5.56 Å². The van der Waals surface area contributed by atoms with Crippen molar-refractivity contribution in [2.24, 2.45) is 0 Å². The van der Waals surface area contributed by atoms with Gasteiger partial charge in [-0.05, 0) is 31.4 Å². The van der Waals surface area contributed by atoms with Crippen molar-refractivity contribution in [1.82, 2.24) is 4.90 Å². The molecule has 1 amide bonds. The van der Waals surface area contributed by atoms with Crippen molar-refractivity contribution in [3.63, 3.8) is 0 Å². The maximum absolute atomic E-state index is 12.4. The number of rotatable bonds is 6. The third kappa shape index (κ3) is 4.72. The number of aryl methyl sites for hydroxylation is 1. The molecular weight excluding hydrogens is 278 g/mol. The fourth-order valence-electron chi connectivity index (χ4n) is 2.85. The Morgan fingerprint density at radius 2 is 1.86 bits per heavy atom. The second kappa shape index (κ2) is 7.78. The van der Waals surface area contributed by atoms with Crippen LogP contribution in [0, 0.1) is 6.92 Å². The van der Waals surface area contributed by atoms with E-state index in [1.54, 1.807) is 17.1 Å². The quantitative estimate of drug-likeness (QED) is 0.821. The highest BCUT2D eigenvalue weighted by Crippen LogP contribution is 2.24. The molecule has 4 nitrogen and oxygen atoms in total. The number of aliphatic carboxylic acids is 1. The summed E-state index contributed by atoms with van der Waals surface area (Å²) < 4.78 is 0. The first-order valence-electron chi connectivity index (χ1n) is 7.83. The summed E-state index contributed by atoms with van der Waals surface area (Å²) >= 11 is 0. The van der Waals surface area contributed by atoms with Gasteiger partial charge in [-0.25, -0.2) is 0 Å². The van der Waals surface area contributed by atoms with Crippen molar-refractivity contribution in [2.75, 3.05) is 6.54 Å². The lowest BCUT2D eigenvalue weighted by molar-refractivity contribution is -0.138. The highest BCUT2D eigenvalue weighted by atomic mass is 16.4. The number of hydrogen-bond donors (Lipinski definition) is 1. The minimum absolute atomic E-state index is 0.000607. The van der Waals surface area contributed by atoms with E-state index in [0.717, 1.165) is 31.2 Å². The molecule has 118 valence electrons. The van der Waals surface area contributed by atoms with Crippen LogP contribution in [0.4, 0.5) is 0 Å². The van der Waals surface area contributed by atoms with Gasteiger partial charge >= 0.3 is 5.97 Å². The predicted molar refractivity (Wildman–Crippen MR) is 86.4 cm³/mol. The molecule has 0 aliphatic heterocycles. The standard InChI is InChI=1S/C18H23NO3/c1-14-6-8-15(9-7-14)10-11-17(20)19(13-12-18(21)22)16-4-2-3-5-16/h6-11,16H,2-5,12-13H2,1H3,(H,21,22)/b11-10+. The average Bonchev–Trinajstić information content (AvgIpc) is 3.00. The van der Waals surface area contributed by atoms with Crippen LogP contribution in [0.5, 0.6) is 0 Å².